The van der Waals surface area contributed by atoms with Crippen molar-refractivity contribution in [3.05, 3.63) is 86.3 Å². The summed E-state index contributed by atoms with van der Waals surface area (Å²) in [6, 6.07) is 14.6. The largest absolute Gasteiger partial charge is 0.379 e. The molecule has 1 aromatic heterocycles. The number of hydrogen-bond acceptors (Lipinski definition) is 6. The highest BCUT2D eigenvalue weighted by Gasteiger charge is 2.28. The van der Waals surface area contributed by atoms with Crippen LogP contribution in [0.4, 0.5) is 5.69 Å². The van der Waals surface area contributed by atoms with Gasteiger partial charge in [0, 0.05) is 61.1 Å². The van der Waals surface area contributed by atoms with E-state index in [9.17, 15) is 14.7 Å². The summed E-state index contributed by atoms with van der Waals surface area (Å²) >= 11 is 0. The number of aromatic amines is 1. The Bertz CT molecular complexity index is 1490. The minimum Gasteiger partial charge on any atom is -0.379 e. The zero-order chi connectivity index (χ0) is 31.2. The average molecular weight is 601 g/mol. The number of carbonyl (C=O) groups is 1. The number of aliphatic hydroxyl groups is 1. The Morgan fingerprint density at radius 1 is 1.05 bits per heavy atom. The summed E-state index contributed by atoms with van der Waals surface area (Å²) < 4.78 is 5.50. The van der Waals surface area contributed by atoms with Crippen molar-refractivity contribution in [1.29, 1.82) is 0 Å². The Balaban J connectivity index is 1.47. The third-order valence-electron chi connectivity index (χ3n) is 9.31. The molecule has 0 spiro atoms. The lowest BCUT2D eigenvalue weighted by molar-refractivity contribution is -0.123. The molecule has 0 radical (unpaired) electrons. The molecule has 2 aromatic carbocycles. The van der Waals surface area contributed by atoms with Crippen LogP contribution in [-0.4, -0.2) is 53.7 Å². The topological polar surface area (TPSA) is 97.9 Å². The number of rotatable bonds is 10. The number of hydrogen-bond donors (Lipinski definition) is 3. The predicted molar refractivity (Wildman–Crippen MR) is 176 cm³/mol. The van der Waals surface area contributed by atoms with E-state index in [1.165, 1.54) is 12.0 Å². The fourth-order valence-corrected chi connectivity index (χ4v) is 6.70. The summed E-state index contributed by atoms with van der Waals surface area (Å²) in [4.78, 5) is 33.7. The number of H-pyrrole nitrogens is 1. The van der Waals surface area contributed by atoms with Gasteiger partial charge in [0.2, 0.25) is 5.91 Å². The first-order valence-corrected chi connectivity index (χ1v) is 16.2. The number of pyridine rings is 1. The fraction of sp³-hybridized carbons (Fsp3) is 0.500. The molecule has 2 fully saturated rings. The van der Waals surface area contributed by atoms with Gasteiger partial charge in [0.05, 0.1) is 13.2 Å². The monoisotopic (exact) mass is 600 g/mol. The second-order valence-corrected chi connectivity index (χ2v) is 12.4. The molecule has 1 saturated carbocycles. The third kappa shape index (κ3) is 7.49. The van der Waals surface area contributed by atoms with E-state index in [1.807, 2.05) is 44.7 Å². The second kappa shape index (κ2) is 14.7. The highest BCUT2D eigenvalue weighted by Crippen LogP contribution is 2.36. The van der Waals surface area contributed by atoms with Crippen molar-refractivity contribution in [2.24, 2.45) is 5.92 Å². The summed E-state index contributed by atoms with van der Waals surface area (Å²) in [6.07, 6.45) is 4.21. The molecule has 3 aromatic rings. The van der Waals surface area contributed by atoms with Crippen LogP contribution in [0.2, 0.25) is 0 Å². The molecule has 8 nitrogen and oxygen atoms in total. The Kier molecular flexibility index (Phi) is 10.7. The van der Waals surface area contributed by atoms with E-state index in [0.29, 0.717) is 17.7 Å². The Labute approximate surface area is 261 Å². The van der Waals surface area contributed by atoms with E-state index < -0.39 is 6.23 Å². The molecule has 1 aliphatic carbocycles. The van der Waals surface area contributed by atoms with Gasteiger partial charge in [-0.05, 0) is 86.6 Å². The summed E-state index contributed by atoms with van der Waals surface area (Å²) in [5.74, 6) is 0.206. The standard InChI is InChI=1S/C36H48N4O4/c1-5-40(36(43)29-9-7-6-8-10-29)33-21-30(28-13-11-27(12-14-28)23-39-15-17-44-18-16-39)20-31(26(33)4)34(41)37-22-32-24(2)19-25(3)38-35(32)42/h11-14,19-21,29,34,37,41H,5-10,15-18,22-23H2,1-4H3,(H,38,42). The lowest BCUT2D eigenvalue weighted by Gasteiger charge is -2.31. The van der Waals surface area contributed by atoms with Crippen molar-refractivity contribution in [3.63, 3.8) is 0 Å². The van der Waals surface area contributed by atoms with Gasteiger partial charge in [-0.15, -0.1) is 0 Å². The maximum atomic E-state index is 13.9. The number of amides is 1. The molecular formula is C36H48N4O4. The first-order valence-electron chi connectivity index (χ1n) is 16.2. The lowest BCUT2D eigenvalue weighted by atomic mass is 9.87. The predicted octanol–water partition coefficient (Wildman–Crippen LogP) is 5.51. The molecule has 236 valence electrons. The molecule has 2 aliphatic rings. The van der Waals surface area contributed by atoms with Crippen LogP contribution >= 0.6 is 0 Å². The van der Waals surface area contributed by atoms with Gasteiger partial charge in [0.25, 0.3) is 5.56 Å². The van der Waals surface area contributed by atoms with Crippen LogP contribution < -0.4 is 15.8 Å². The summed E-state index contributed by atoms with van der Waals surface area (Å²) in [6.45, 7) is 12.8. The number of benzene rings is 2. The van der Waals surface area contributed by atoms with Crippen LogP contribution in [0, 0.1) is 26.7 Å². The molecular weight excluding hydrogens is 552 g/mol. The zero-order valence-corrected chi connectivity index (χ0v) is 26.7. The number of anilines is 1. The third-order valence-corrected chi connectivity index (χ3v) is 9.31. The highest BCUT2D eigenvalue weighted by molar-refractivity contribution is 5.96. The Hall–Kier alpha value is -3.30. The van der Waals surface area contributed by atoms with Gasteiger partial charge in [0.1, 0.15) is 6.23 Å². The van der Waals surface area contributed by atoms with Crippen molar-refractivity contribution in [2.45, 2.75) is 79.1 Å². The van der Waals surface area contributed by atoms with E-state index in [-0.39, 0.29) is 23.9 Å². The molecule has 5 rings (SSSR count). The Morgan fingerprint density at radius 2 is 1.75 bits per heavy atom. The molecule has 1 saturated heterocycles. The van der Waals surface area contributed by atoms with Crippen LogP contribution in [0.1, 0.15) is 78.8 Å². The molecule has 1 amide bonds. The van der Waals surface area contributed by atoms with Gasteiger partial charge in [-0.3, -0.25) is 19.8 Å². The molecule has 3 N–H and O–H groups in total. The number of morpholine rings is 1. The van der Waals surface area contributed by atoms with Gasteiger partial charge in [-0.25, -0.2) is 0 Å². The molecule has 1 unspecified atom stereocenters. The van der Waals surface area contributed by atoms with E-state index in [0.717, 1.165) is 92.2 Å². The Morgan fingerprint density at radius 3 is 2.41 bits per heavy atom. The summed E-state index contributed by atoms with van der Waals surface area (Å²) in [5, 5.41) is 14.7. The SMILES string of the molecule is CCN(C(=O)C1CCCCC1)c1cc(-c2ccc(CN3CCOCC3)cc2)cc(C(O)NCc2c(C)cc(C)[nH]c2=O)c1C. The van der Waals surface area contributed by atoms with Gasteiger partial charge >= 0.3 is 0 Å². The first-order chi connectivity index (χ1) is 21.2. The lowest BCUT2D eigenvalue weighted by Crippen LogP contribution is -2.37. The van der Waals surface area contributed by atoms with E-state index >= 15 is 0 Å². The number of ether oxygens (including phenoxy) is 1. The van der Waals surface area contributed by atoms with Crippen LogP contribution in [0.15, 0.2) is 47.3 Å². The summed E-state index contributed by atoms with van der Waals surface area (Å²) in [5.41, 5.74) is 7.74. The van der Waals surface area contributed by atoms with Gasteiger partial charge in [0.15, 0.2) is 0 Å². The number of aromatic nitrogens is 1. The molecule has 44 heavy (non-hydrogen) atoms. The maximum absolute atomic E-state index is 13.9. The van der Waals surface area contributed by atoms with E-state index in [4.69, 9.17) is 4.74 Å². The highest BCUT2D eigenvalue weighted by atomic mass is 16.5. The number of carbonyl (C=O) groups excluding carboxylic acids is 1. The number of aliphatic hydroxyl groups excluding tert-OH is 1. The van der Waals surface area contributed by atoms with Crippen molar-refractivity contribution in [1.82, 2.24) is 15.2 Å². The number of nitrogens with one attached hydrogen (secondary N) is 2. The van der Waals surface area contributed by atoms with Crippen molar-refractivity contribution in [2.75, 3.05) is 37.7 Å². The van der Waals surface area contributed by atoms with E-state index in [1.54, 1.807) is 0 Å². The molecule has 1 atom stereocenters. The van der Waals surface area contributed by atoms with Crippen LogP contribution in [-0.2, 0) is 22.6 Å². The van der Waals surface area contributed by atoms with Gasteiger partial charge in [-0.1, -0.05) is 43.5 Å². The van der Waals surface area contributed by atoms with Crippen LogP contribution in [0.3, 0.4) is 0 Å². The summed E-state index contributed by atoms with van der Waals surface area (Å²) in [7, 11) is 0. The fourth-order valence-electron chi connectivity index (χ4n) is 6.70. The van der Waals surface area contributed by atoms with Crippen molar-refractivity contribution < 1.29 is 14.6 Å². The zero-order valence-electron chi connectivity index (χ0n) is 26.7. The normalized spacial score (nSPS) is 17.0. The van der Waals surface area contributed by atoms with E-state index in [2.05, 4.69) is 45.5 Å². The van der Waals surface area contributed by atoms with Crippen LogP contribution in [0.25, 0.3) is 11.1 Å². The minimum absolute atomic E-state index is 0.0361. The quantitative estimate of drug-likeness (QED) is 0.266. The van der Waals surface area contributed by atoms with Gasteiger partial charge < -0.3 is 19.7 Å². The van der Waals surface area contributed by atoms with Crippen molar-refractivity contribution >= 4 is 11.6 Å². The smallest absolute Gasteiger partial charge is 0.252 e. The average Bonchev–Trinajstić information content (AvgIpc) is 3.03. The molecule has 8 heteroatoms. The first kappa shape index (κ1) is 32.1. The number of nitrogens with zero attached hydrogens (tertiary/aromatic N) is 2. The van der Waals surface area contributed by atoms with Crippen LogP contribution in [0.5, 0.6) is 0 Å². The molecule has 1 aliphatic heterocycles. The second-order valence-electron chi connectivity index (χ2n) is 12.4. The molecule has 0 bridgehead atoms. The molecule has 2 heterocycles. The minimum atomic E-state index is -1.03. The maximum Gasteiger partial charge on any atom is 0.252 e. The van der Waals surface area contributed by atoms with Gasteiger partial charge in [-0.2, -0.15) is 0 Å². The number of aryl methyl sites for hydroxylation is 2. The van der Waals surface area contributed by atoms with Crippen molar-refractivity contribution in [3.8, 4) is 11.1 Å².